The highest BCUT2D eigenvalue weighted by molar-refractivity contribution is 7.89. The molecule has 0 aliphatic heterocycles. The van der Waals surface area contributed by atoms with Crippen molar-refractivity contribution in [3.8, 4) is 0 Å². The minimum absolute atomic E-state index is 0.0642. The lowest BCUT2D eigenvalue weighted by atomic mass is 9.91. The van der Waals surface area contributed by atoms with Gasteiger partial charge in [-0.25, -0.2) is 13.1 Å². The predicted octanol–water partition coefficient (Wildman–Crippen LogP) is 3.12. The Morgan fingerprint density at radius 2 is 1.80 bits per heavy atom. The Morgan fingerprint density at radius 1 is 1.12 bits per heavy atom. The largest absolute Gasteiger partial charge is 0.372 e. The van der Waals surface area contributed by atoms with Crippen LogP contribution in [0.2, 0.25) is 0 Å². The summed E-state index contributed by atoms with van der Waals surface area (Å²) in [6, 6.07) is 15.5. The van der Waals surface area contributed by atoms with Crippen molar-refractivity contribution < 1.29 is 17.9 Å². The number of sulfonamides is 1. The molecule has 6 heteroatoms. The fraction of sp³-hybridized carbons (Fsp3) is 0.316. The molecule has 1 atom stereocenters. The number of methoxy groups -OCH3 is 1. The van der Waals surface area contributed by atoms with Crippen molar-refractivity contribution >= 4 is 15.8 Å². The second-order valence-corrected chi connectivity index (χ2v) is 7.59. The number of rotatable bonds is 8. The monoisotopic (exact) mass is 361 g/mol. The number of benzene rings is 2. The Morgan fingerprint density at radius 3 is 2.36 bits per heavy atom. The zero-order chi connectivity index (χ0) is 18.5. The van der Waals surface area contributed by atoms with E-state index in [1.54, 1.807) is 19.2 Å². The molecular weight excluding hydrogens is 338 g/mol. The standard InChI is InChI=1S/C19H23NO4S/c1-4-19(24-3,17-10-6-5-7-11-17)14-20-25(22,23)18-12-8-9-16(13-18)15(2)21/h5-13,20H,4,14H2,1-3H3/t19-/m0/s1. The summed E-state index contributed by atoms with van der Waals surface area (Å²) in [5, 5.41) is 0. The first kappa shape index (κ1) is 19.3. The minimum Gasteiger partial charge on any atom is -0.372 e. The van der Waals surface area contributed by atoms with Crippen LogP contribution in [0, 0.1) is 0 Å². The quantitative estimate of drug-likeness (QED) is 0.733. The molecule has 25 heavy (non-hydrogen) atoms. The van der Waals surface area contributed by atoms with Gasteiger partial charge in [0.05, 0.1) is 4.90 Å². The van der Waals surface area contributed by atoms with Gasteiger partial charge in [-0.15, -0.1) is 0 Å². The van der Waals surface area contributed by atoms with Gasteiger partial charge < -0.3 is 4.74 Å². The predicted molar refractivity (Wildman–Crippen MR) is 97.1 cm³/mol. The van der Waals surface area contributed by atoms with Crippen LogP contribution in [0.25, 0.3) is 0 Å². The summed E-state index contributed by atoms with van der Waals surface area (Å²) in [7, 11) is -2.19. The second kappa shape index (κ2) is 7.91. The van der Waals surface area contributed by atoms with E-state index in [2.05, 4.69) is 4.72 Å². The maximum absolute atomic E-state index is 12.6. The molecule has 0 fully saturated rings. The van der Waals surface area contributed by atoms with Crippen LogP contribution in [-0.2, 0) is 20.4 Å². The molecule has 0 heterocycles. The zero-order valence-electron chi connectivity index (χ0n) is 14.7. The summed E-state index contributed by atoms with van der Waals surface area (Å²) in [5.74, 6) is -0.180. The van der Waals surface area contributed by atoms with Gasteiger partial charge in [0.15, 0.2) is 5.78 Å². The van der Waals surface area contributed by atoms with Gasteiger partial charge in [-0.2, -0.15) is 0 Å². The van der Waals surface area contributed by atoms with Gasteiger partial charge in [-0.05, 0) is 31.0 Å². The van der Waals surface area contributed by atoms with Crippen molar-refractivity contribution in [2.75, 3.05) is 13.7 Å². The lowest BCUT2D eigenvalue weighted by Crippen LogP contribution is -2.41. The number of nitrogens with one attached hydrogen (secondary N) is 1. The third-order valence-corrected chi connectivity index (χ3v) is 5.76. The molecule has 0 radical (unpaired) electrons. The molecule has 2 aromatic carbocycles. The van der Waals surface area contributed by atoms with Gasteiger partial charge in [-0.1, -0.05) is 49.4 Å². The first-order valence-electron chi connectivity index (χ1n) is 8.06. The van der Waals surface area contributed by atoms with Crippen LogP contribution in [0.3, 0.4) is 0 Å². The van der Waals surface area contributed by atoms with Gasteiger partial charge in [0.1, 0.15) is 5.60 Å². The van der Waals surface area contributed by atoms with E-state index < -0.39 is 15.6 Å². The first-order chi connectivity index (χ1) is 11.8. The van der Waals surface area contributed by atoms with Crippen LogP contribution in [0.5, 0.6) is 0 Å². The van der Waals surface area contributed by atoms with E-state index >= 15 is 0 Å². The van der Waals surface area contributed by atoms with E-state index in [0.29, 0.717) is 12.0 Å². The van der Waals surface area contributed by atoms with Crippen LogP contribution in [0.4, 0.5) is 0 Å². The van der Waals surface area contributed by atoms with Crippen molar-refractivity contribution in [3.05, 3.63) is 65.7 Å². The normalized spacial score (nSPS) is 14.0. The number of Topliss-reactive ketones (excluding diaryl/α,β-unsaturated/α-hetero) is 1. The van der Waals surface area contributed by atoms with E-state index in [1.807, 2.05) is 37.3 Å². The summed E-state index contributed by atoms with van der Waals surface area (Å²) >= 11 is 0. The highest BCUT2D eigenvalue weighted by atomic mass is 32.2. The Balaban J connectivity index is 2.28. The third-order valence-electron chi connectivity index (χ3n) is 4.36. The van der Waals surface area contributed by atoms with Crippen molar-refractivity contribution in [3.63, 3.8) is 0 Å². The number of ether oxygens (including phenoxy) is 1. The molecule has 0 amide bonds. The van der Waals surface area contributed by atoms with Crippen molar-refractivity contribution in [2.45, 2.75) is 30.8 Å². The highest BCUT2D eigenvalue weighted by Crippen LogP contribution is 2.28. The molecule has 1 N–H and O–H groups in total. The number of carbonyl (C=O) groups is 1. The summed E-state index contributed by atoms with van der Waals surface area (Å²) in [5.41, 5.74) is 0.506. The number of hydrogen-bond acceptors (Lipinski definition) is 4. The van der Waals surface area contributed by atoms with Gasteiger partial charge in [0.2, 0.25) is 10.0 Å². The molecule has 5 nitrogen and oxygen atoms in total. The van der Waals surface area contributed by atoms with E-state index in [4.69, 9.17) is 4.74 Å². The van der Waals surface area contributed by atoms with Gasteiger partial charge in [0, 0.05) is 19.2 Å². The molecule has 0 aliphatic rings. The lowest BCUT2D eigenvalue weighted by molar-refractivity contribution is -0.0133. The van der Waals surface area contributed by atoms with Crippen LogP contribution >= 0.6 is 0 Å². The summed E-state index contributed by atoms with van der Waals surface area (Å²) in [4.78, 5) is 11.5. The van der Waals surface area contributed by atoms with Gasteiger partial charge in [-0.3, -0.25) is 4.79 Å². The minimum atomic E-state index is -3.76. The van der Waals surface area contributed by atoms with Crippen molar-refractivity contribution in [1.29, 1.82) is 0 Å². The molecule has 2 rings (SSSR count). The number of hydrogen-bond donors (Lipinski definition) is 1. The molecule has 134 valence electrons. The molecule has 0 aliphatic carbocycles. The van der Waals surface area contributed by atoms with E-state index in [9.17, 15) is 13.2 Å². The summed E-state index contributed by atoms with van der Waals surface area (Å²) in [6.07, 6.45) is 0.601. The SMILES string of the molecule is CC[C@@](CNS(=O)(=O)c1cccc(C(C)=O)c1)(OC)c1ccccc1. The maximum atomic E-state index is 12.6. The number of carbonyl (C=O) groups excluding carboxylic acids is 1. The van der Waals surface area contributed by atoms with Crippen LogP contribution < -0.4 is 4.72 Å². The van der Waals surface area contributed by atoms with Crippen molar-refractivity contribution in [1.82, 2.24) is 4.72 Å². The van der Waals surface area contributed by atoms with Crippen LogP contribution in [0.1, 0.15) is 36.2 Å². The summed E-state index contributed by atoms with van der Waals surface area (Å²) in [6.45, 7) is 3.44. The average molecular weight is 361 g/mol. The van der Waals surface area contributed by atoms with E-state index in [1.165, 1.54) is 19.1 Å². The Hall–Kier alpha value is -2.02. The zero-order valence-corrected chi connectivity index (χ0v) is 15.5. The van der Waals surface area contributed by atoms with Crippen LogP contribution in [0.15, 0.2) is 59.5 Å². The molecule has 0 bridgehead atoms. The van der Waals surface area contributed by atoms with Crippen molar-refractivity contribution in [2.24, 2.45) is 0 Å². The Labute approximate surface area is 149 Å². The average Bonchev–Trinajstić information content (AvgIpc) is 2.64. The number of ketones is 1. The second-order valence-electron chi connectivity index (χ2n) is 5.83. The smallest absolute Gasteiger partial charge is 0.240 e. The molecule has 0 saturated carbocycles. The molecule has 0 unspecified atom stereocenters. The highest BCUT2D eigenvalue weighted by Gasteiger charge is 2.32. The molecule has 0 spiro atoms. The summed E-state index contributed by atoms with van der Waals surface area (Å²) < 4.78 is 33.6. The Bertz CT molecular complexity index is 828. The van der Waals surface area contributed by atoms with Gasteiger partial charge >= 0.3 is 0 Å². The molecule has 0 saturated heterocycles. The Kier molecular flexibility index (Phi) is 6.11. The first-order valence-corrected chi connectivity index (χ1v) is 9.54. The molecular formula is C19H23NO4S. The van der Waals surface area contributed by atoms with Gasteiger partial charge in [0.25, 0.3) is 0 Å². The fourth-order valence-corrected chi connectivity index (χ4v) is 3.81. The van der Waals surface area contributed by atoms with Crippen LogP contribution in [-0.4, -0.2) is 27.9 Å². The van der Waals surface area contributed by atoms with E-state index in [-0.39, 0.29) is 17.2 Å². The maximum Gasteiger partial charge on any atom is 0.240 e. The van der Waals surface area contributed by atoms with E-state index in [0.717, 1.165) is 5.56 Å². The fourth-order valence-electron chi connectivity index (χ4n) is 2.68. The topological polar surface area (TPSA) is 72.5 Å². The molecule has 0 aromatic heterocycles. The third kappa shape index (κ3) is 4.34. The lowest BCUT2D eigenvalue weighted by Gasteiger charge is -2.32. The molecule has 2 aromatic rings.